The summed E-state index contributed by atoms with van der Waals surface area (Å²) in [6.45, 7) is 5.48. The number of nitrogens with one attached hydrogen (secondary N) is 3. The molecule has 0 aromatic heterocycles. The van der Waals surface area contributed by atoms with Crippen molar-refractivity contribution in [2.75, 3.05) is 33.0 Å². The third-order valence-corrected chi connectivity index (χ3v) is 5.29. The maximum absolute atomic E-state index is 5.91. The van der Waals surface area contributed by atoms with E-state index in [2.05, 4.69) is 41.0 Å². The third-order valence-electron chi connectivity index (χ3n) is 5.00. The molecule has 2 aliphatic heterocycles. The predicted octanol–water partition coefficient (Wildman–Crippen LogP) is 0.863. The Morgan fingerprint density at radius 1 is 1.04 bits per heavy atom. The summed E-state index contributed by atoms with van der Waals surface area (Å²) in [6.07, 6.45) is 0.165. The van der Waals surface area contributed by atoms with Gasteiger partial charge in [-0.1, -0.05) is 36.4 Å². The Labute approximate surface area is 170 Å². The van der Waals surface area contributed by atoms with Crippen LogP contribution in [0.5, 0.6) is 11.5 Å². The van der Waals surface area contributed by atoms with E-state index in [1.807, 2.05) is 18.2 Å². The highest BCUT2D eigenvalue weighted by atomic mass is 32.1. The third kappa shape index (κ3) is 5.13. The van der Waals surface area contributed by atoms with E-state index < -0.39 is 0 Å². The molecule has 0 aliphatic carbocycles. The van der Waals surface area contributed by atoms with Crippen molar-refractivity contribution < 1.29 is 19.1 Å². The number of quaternary nitrogens is 1. The van der Waals surface area contributed by atoms with Crippen LogP contribution in [0, 0.1) is 0 Å². The molecule has 0 bridgehead atoms. The molecule has 1 unspecified atom stereocenters. The molecule has 0 saturated carbocycles. The average Bonchev–Trinajstić information content (AvgIpc) is 3.20. The lowest BCUT2D eigenvalue weighted by molar-refractivity contribution is -0.925. The molecule has 2 aromatic carbocycles. The summed E-state index contributed by atoms with van der Waals surface area (Å²) in [6, 6.07) is 16.5. The second-order valence-electron chi connectivity index (χ2n) is 7.11. The molecule has 1 saturated heterocycles. The molecule has 0 amide bonds. The average molecular weight is 401 g/mol. The second kappa shape index (κ2) is 9.23. The van der Waals surface area contributed by atoms with Crippen molar-refractivity contribution in [2.24, 2.45) is 0 Å². The van der Waals surface area contributed by atoms with Gasteiger partial charge in [0.1, 0.15) is 25.7 Å². The molecule has 1 fully saturated rings. The predicted molar refractivity (Wildman–Crippen MR) is 111 cm³/mol. The van der Waals surface area contributed by atoms with E-state index in [9.17, 15) is 0 Å². The Morgan fingerprint density at radius 3 is 2.79 bits per heavy atom. The Kier molecular flexibility index (Phi) is 6.26. The summed E-state index contributed by atoms with van der Waals surface area (Å²) < 4.78 is 16.7. The van der Waals surface area contributed by atoms with Crippen molar-refractivity contribution >= 4 is 17.3 Å². The summed E-state index contributed by atoms with van der Waals surface area (Å²) in [4.78, 5) is 1.54. The van der Waals surface area contributed by atoms with Gasteiger partial charge in [-0.2, -0.15) is 0 Å². The maximum Gasteiger partial charge on any atom is 0.231 e. The van der Waals surface area contributed by atoms with Gasteiger partial charge in [0.15, 0.2) is 16.6 Å². The first kappa shape index (κ1) is 19.0. The molecule has 0 radical (unpaired) electrons. The minimum atomic E-state index is 0.165. The van der Waals surface area contributed by atoms with E-state index in [1.165, 1.54) is 5.56 Å². The molecule has 0 spiro atoms. The Hall–Kier alpha value is -2.35. The van der Waals surface area contributed by atoms with Crippen molar-refractivity contribution in [3.63, 3.8) is 0 Å². The quantitative estimate of drug-likeness (QED) is 0.626. The highest BCUT2D eigenvalue weighted by molar-refractivity contribution is 7.80. The Balaban J connectivity index is 1.19. The van der Waals surface area contributed by atoms with E-state index in [0.29, 0.717) is 18.2 Å². The molecular weight excluding hydrogens is 374 g/mol. The number of hydrogen-bond acceptors (Lipinski definition) is 4. The van der Waals surface area contributed by atoms with Crippen LogP contribution in [-0.4, -0.2) is 44.3 Å². The lowest BCUT2D eigenvalue weighted by atomic mass is 10.2. The van der Waals surface area contributed by atoms with Gasteiger partial charge >= 0.3 is 0 Å². The van der Waals surface area contributed by atoms with Crippen LogP contribution in [0.15, 0.2) is 48.5 Å². The molecule has 2 heterocycles. The lowest BCUT2D eigenvalue weighted by Gasteiger charge is -2.30. The molecule has 6 nitrogen and oxygen atoms in total. The van der Waals surface area contributed by atoms with Crippen molar-refractivity contribution in [2.45, 2.75) is 19.2 Å². The van der Waals surface area contributed by atoms with Crippen LogP contribution < -0.4 is 25.0 Å². The summed E-state index contributed by atoms with van der Waals surface area (Å²) in [5.74, 6) is 1.58. The highest BCUT2D eigenvalue weighted by Crippen LogP contribution is 2.32. The zero-order valence-corrected chi connectivity index (χ0v) is 16.6. The number of fused-ring (bicyclic) bond motifs is 1. The van der Waals surface area contributed by atoms with Crippen LogP contribution in [0.1, 0.15) is 11.1 Å². The fraction of sp³-hybridized carbons (Fsp3) is 0.381. The monoisotopic (exact) mass is 400 g/mol. The zero-order chi connectivity index (χ0) is 19.2. The standard InChI is InChI=1S/C21H25N3O3S/c28-21(22-11-17-6-7-19-20(10-17)27-15-26-19)23-12-18-14-24(8-9-25-18)13-16-4-2-1-3-5-16/h1-7,10,18H,8-9,11-15H2,(H2,22,23,28)/p+1/t18-/m1/s1. The van der Waals surface area contributed by atoms with Crippen LogP contribution in [0.25, 0.3) is 0 Å². The van der Waals surface area contributed by atoms with Crippen LogP contribution in [-0.2, 0) is 17.8 Å². The summed E-state index contributed by atoms with van der Waals surface area (Å²) in [5.41, 5.74) is 2.47. The van der Waals surface area contributed by atoms with Crippen LogP contribution >= 0.6 is 12.2 Å². The molecule has 3 N–H and O–H groups in total. The molecule has 28 heavy (non-hydrogen) atoms. The number of thiocarbonyl (C=S) groups is 1. The van der Waals surface area contributed by atoms with Crippen LogP contribution in [0.4, 0.5) is 0 Å². The largest absolute Gasteiger partial charge is 0.454 e. The molecule has 2 aromatic rings. The van der Waals surface area contributed by atoms with E-state index in [4.69, 9.17) is 26.4 Å². The smallest absolute Gasteiger partial charge is 0.231 e. The minimum Gasteiger partial charge on any atom is -0.454 e. The molecule has 7 heteroatoms. The number of rotatable bonds is 6. The van der Waals surface area contributed by atoms with Crippen molar-refractivity contribution in [3.05, 3.63) is 59.7 Å². The number of morpholine rings is 1. The first-order chi connectivity index (χ1) is 13.8. The summed E-state index contributed by atoms with van der Waals surface area (Å²) in [5, 5.41) is 7.16. The molecule has 148 valence electrons. The topological polar surface area (TPSA) is 56.2 Å². The van der Waals surface area contributed by atoms with E-state index in [1.54, 1.807) is 4.90 Å². The van der Waals surface area contributed by atoms with E-state index in [-0.39, 0.29) is 12.9 Å². The Morgan fingerprint density at radius 2 is 1.89 bits per heavy atom. The SMILES string of the molecule is S=C(NCc1ccc2c(c1)OCO2)NC[C@@H]1C[NH+](Cc2ccccc2)CCO1. The van der Waals surface area contributed by atoms with Crippen LogP contribution in [0.3, 0.4) is 0 Å². The first-order valence-corrected chi connectivity index (χ1v) is 10.1. The van der Waals surface area contributed by atoms with Crippen molar-refractivity contribution in [1.82, 2.24) is 10.6 Å². The molecule has 2 atom stereocenters. The summed E-state index contributed by atoms with van der Waals surface area (Å²) >= 11 is 5.41. The van der Waals surface area contributed by atoms with Gasteiger partial charge in [-0.15, -0.1) is 0 Å². The zero-order valence-electron chi connectivity index (χ0n) is 15.8. The fourth-order valence-electron chi connectivity index (χ4n) is 3.53. The van der Waals surface area contributed by atoms with Gasteiger partial charge in [0.2, 0.25) is 6.79 Å². The van der Waals surface area contributed by atoms with Gasteiger partial charge in [-0.3, -0.25) is 0 Å². The number of ether oxygens (including phenoxy) is 3. The normalized spacial score (nSPS) is 20.6. The fourth-order valence-corrected chi connectivity index (χ4v) is 3.69. The van der Waals surface area contributed by atoms with Crippen LogP contribution in [0.2, 0.25) is 0 Å². The van der Waals surface area contributed by atoms with Gasteiger partial charge in [0.25, 0.3) is 0 Å². The van der Waals surface area contributed by atoms with Gasteiger partial charge < -0.3 is 29.7 Å². The summed E-state index contributed by atoms with van der Waals surface area (Å²) in [7, 11) is 0. The van der Waals surface area contributed by atoms with E-state index in [0.717, 1.165) is 43.3 Å². The molecular formula is C21H26N3O3S+. The minimum absolute atomic E-state index is 0.165. The van der Waals surface area contributed by atoms with Crippen molar-refractivity contribution in [3.8, 4) is 11.5 Å². The number of hydrogen-bond donors (Lipinski definition) is 3. The van der Waals surface area contributed by atoms with Gasteiger partial charge in [-0.05, 0) is 29.9 Å². The molecule has 4 rings (SSSR count). The Bertz CT molecular complexity index is 803. The van der Waals surface area contributed by atoms with Gasteiger partial charge in [-0.25, -0.2) is 0 Å². The second-order valence-corrected chi connectivity index (χ2v) is 7.52. The van der Waals surface area contributed by atoms with E-state index >= 15 is 0 Å². The highest BCUT2D eigenvalue weighted by Gasteiger charge is 2.23. The maximum atomic E-state index is 5.91. The number of benzene rings is 2. The van der Waals surface area contributed by atoms with Gasteiger partial charge in [0, 0.05) is 18.7 Å². The van der Waals surface area contributed by atoms with Gasteiger partial charge in [0.05, 0.1) is 6.61 Å². The molecule has 2 aliphatic rings. The van der Waals surface area contributed by atoms with Crippen molar-refractivity contribution in [1.29, 1.82) is 0 Å². The first-order valence-electron chi connectivity index (χ1n) is 9.65. The lowest BCUT2D eigenvalue weighted by Crippen LogP contribution is -3.13.